The molecule has 1 aliphatic carbocycles. The molecular weight excluding hydrogens is 538 g/mol. The Morgan fingerprint density at radius 1 is 0.744 bits per heavy atom. The van der Waals surface area contributed by atoms with E-state index in [0.717, 1.165) is 18.4 Å². The normalized spacial score (nSPS) is 14.9. The van der Waals surface area contributed by atoms with Crippen LogP contribution in [0.4, 0.5) is 0 Å². The lowest BCUT2D eigenvalue weighted by atomic mass is 9.82. The van der Waals surface area contributed by atoms with E-state index < -0.39 is 35.4 Å². The maximum Gasteiger partial charge on any atom is 0.224 e. The van der Waals surface area contributed by atoms with Gasteiger partial charge in [0.2, 0.25) is 11.7 Å². The molecule has 0 spiro atoms. The van der Waals surface area contributed by atoms with Gasteiger partial charge in [0.1, 0.15) is 0 Å². The van der Waals surface area contributed by atoms with Crippen molar-refractivity contribution in [3.05, 3.63) is 107 Å². The molecule has 0 unspecified atom stereocenters. The number of carbonyl (C=O) groups is 5. The average molecular weight is 580 g/mol. The average Bonchev–Trinajstić information content (AvgIpc) is 3.42. The molecule has 3 atom stereocenters. The molecule has 1 N–H and O–H groups in total. The quantitative estimate of drug-likeness (QED) is 0.181. The third-order valence-electron chi connectivity index (χ3n) is 8.51. The maximum absolute atomic E-state index is 13.4. The van der Waals surface area contributed by atoms with Crippen LogP contribution < -0.4 is 5.32 Å². The molecule has 6 nitrogen and oxygen atoms in total. The van der Waals surface area contributed by atoms with Gasteiger partial charge in [-0.3, -0.25) is 24.0 Å². The summed E-state index contributed by atoms with van der Waals surface area (Å²) < 4.78 is 0. The number of benzene rings is 3. The highest BCUT2D eigenvalue weighted by Gasteiger charge is 2.34. The third-order valence-corrected chi connectivity index (χ3v) is 8.51. The predicted molar refractivity (Wildman–Crippen MR) is 167 cm³/mol. The summed E-state index contributed by atoms with van der Waals surface area (Å²) in [5.41, 5.74) is 3.90. The Morgan fingerprint density at radius 3 is 1.88 bits per heavy atom. The number of rotatable bonds is 15. The van der Waals surface area contributed by atoms with Gasteiger partial charge in [0.05, 0.1) is 6.04 Å². The van der Waals surface area contributed by atoms with Gasteiger partial charge in [0, 0.05) is 36.7 Å². The van der Waals surface area contributed by atoms with Crippen molar-refractivity contribution in [3.8, 4) is 0 Å². The molecular formula is C37H41NO5. The fraction of sp³-hybridized carbons (Fsp3) is 0.378. The molecule has 0 aromatic heterocycles. The van der Waals surface area contributed by atoms with E-state index in [1.54, 1.807) is 31.2 Å². The summed E-state index contributed by atoms with van der Waals surface area (Å²) in [6, 6.07) is 25.5. The van der Waals surface area contributed by atoms with Crippen molar-refractivity contribution >= 4 is 29.0 Å². The SMILES string of the molecule is CC(C)[C@H](CC(=O)[C@H](C)NC(=O)[C@@H](CC(=O)c1ccccc1)Cc1ccccc1)C(=O)C(=O)CC1Cc2ccccc2C1. The second kappa shape index (κ2) is 14.8. The lowest BCUT2D eigenvalue weighted by molar-refractivity contribution is -0.141. The molecule has 6 heteroatoms. The highest BCUT2D eigenvalue weighted by molar-refractivity contribution is 6.38. The molecule has 0 radical (unpaired) electrons. The molecule has 0 saturated heterocycles. The van der Waals surface area contributed by atoms with Crippen LogP contribution in [0.2, 0.25) is 0 Å². The van der Waals surface area contributed by atoms with Crippen LogP contribution >= 0.6 is 0 Å². The van der Waals surface area contributed by atoms with Crippen LogP contribution in [-0.2, 0) is 38.4 Å². The van der Waals surface area contributed by atoms with Crippen LogP contribution in [0, 0.1) is 23.7 Å². The van der Waals surface area contributed by atoms with Gasteiger partial charge in [0.25, 0.3) is 0 Å². The summed E-state index contributed by atoms with van der Waals surface area (Å²) in [4.78, 5) is 66.0. The van der Waals surface area contributed by atoms with E-state index >= 15 is 0 Å². The van der Waals surface area contributed by atoms with Gasteiger partial charge >= 0.3 is 0 Å². The fourth-order valence-electron chi connectivity index (χ4n) is 5.92. The number of ketones is 4. The number of carbonyl (C=O) groups excluding carboxylic acids is 5. The minimum Gasteiger partial charge on any atom is -0.346 e. The van der Waals surface area contributed by atoms with Gasteiger partial charge in [-0.25, -0.2) is 0 Å². The van der Waals surface area contributed by atoms with E-state index in [9.17, 15) is 24.0 Å². The number of Topliss-reactive ketones (excluding diaryl/α,β-unsaturated/α-hetero) is 4. The summed E-state index contributed by atoms with van der Waals surface area (Å²) >= 11 is 0. The van der Waals surface area contributed by atoms with Gasteiger partial charge in [-0.15, -0.1) is 0 Å². The predicted octanol–water partition coefficient (Wildman–Crippen LogP) is 5.80. The van der Waals surface area contributed by atoms with Gasteiger partial charge in [-0.1, -0.05) is 98.8 Å². The zero-order chi connectivity index (χ0) is 30.9. The maximum atomic E-state index is 13.4. The molecule has 1 amide bonds. The van der Waals surface area contributed by atoms with E-state index in [0.29, 0.717) is 12.0 Å². The number of nitrogens with one attached hydrogen (secondary N) is 1. The van der Waals surface area contributed by atoms with E-state index in [1.165, 1.54) is 11.1 Å². The molecule has 43 heavy (non-hydrogen) atoms. The van der Waals surface area contributed by atoms with Crippen molar-refractivity contribution < 1.29 is 24.0 Å². The zero-order valence-corrected chi connectivity index (χ0v) is 25.3. The van der Waals surface area contributed by atoms with Gasteiger partial charge in [-0.2, -0.15) is 0 Å². The van der Waals surface area contributed by atoms with Crippen LogP contribution in [0.1, 0.15) is 67.1 Å². The Labute approximate surface area is 254 Å². The summed E-state index contributed by atoms with van der Waals surface area (Å²) in [7, 11) is 0. The Kier molecular flexibility index (Phi) is 10.9. The summed E-state index contributed by atoms with van der Waals surface area (Å²) in [5.74, 6) is -3.32. The zero-order valence-electron chi connectivity index (χ0n) is 25.3. The topological polar surface area (TPSA) is 97.4 Å². The van der Waals surface area contributed by atoms with Crippen LogP contribution in [0.15, 0.2) is 84.9 Å². The molecule has 3 aromatic rings. The first-order valence-corrected chi connectivity index (χ1v) is 15.2. The lowest BCUT2D eigenvalue weighted by Gasteiger charge is -2.23. The van der Waals surface area contributed by atoms with Crippen molar-refractivity contribution in [2.75, 3.05) is 0 Å². The molecule has 0 heterocycles. The van der Waals surface area contributed by atoms with Crippen molar-refractivity contribution in [2.45, 2.75) is 65.3 Å². The molecule has 0 saturated carbocycles. The van der Waals surface area contributed by atoms with Crippen molar-refractivity contribution in [3.63, 3.8) is 0 Å². The van der Waals surface area contributed by atoms with Crippen LogP contribution in [-0.4, -0.2) is 35.1 Å². The van der Waals surface area contributed by atoms with E-state index in [1.807, 2.05) is 62.4 Å². The van der Waals surface area contributed by atoms with Crippen LogP contribution in [0.3, 0.4) is 0 Å². The number of hydrogen-bond donors (Lipinski definition) is 1. The monoisotopic (exact) mass is 579 g/mol. The van der Waals surface area contributed by atoms with Crippen LogP contribution in [0.5, 0.6) is 0 Å². The standard InChI is InChI=1S/C37H41NO5/c1-24(2)32(36(42)35(41)21-27-19-29-16-10-11-17-30(29)20-27)23-33(39)25(3)38-37(43)31(18-26-12-6-4-7-13-26)22-34(40)28-14-8-5-9-15-28/h4-17,24-25,27,31-32H,18-23H2,1-3H3,(H,38,43)/t25-,31+,32-/m0/s1. The molecule has 1 aliphatic rings. The first kappa shape index (κ1) is 31.7. The fourth-order valence-corrected chi connectivity index (χ4v) is 5.92. The number of fused-ring (bicyclic) bond motifs is 1. The van der Waals surface area contributed by atoms with Gasteiger partial charge in [0.15, 0.2) is 17.3 Å². The molecule has 3 aromatic carbocycles. The number of hydrogen-bond acceptors (Lipinski definition) is 5. The first-order chi connectivity index (χ1) is 20.6. The van der Waals surface area contributed by atoms with Crippen LogP contribution in [0.25, 0.3) is 0 Å². The molecule has 0 aliphatic heterocycles. The summed E-state index contributed by atoms with van der Waals surface area (Å²) in [6.45, 7) is 5.27. The van der Waals surface area contributed by atoms with Crippen molar-refractivity contribution in [2.24, 2.45) is 23.7 Å². The minimum atomic E-state index is -0.869. The summed E-state index contributed by atoms with van der Waals surface area (Å²) in [6.07, 6.45) is 1.95. The van der Waals surface area contributed by atoms with Gasteiger partial charge in [-0.05, 0) is 54.7 Å². The largest absolute Gasteiger partial charge is 0.346 e. The second-order valence-electron chi connectivity index (χ2n) is 12.2. The van der Waals surface area contributed by atoms with Crippen molar-refractivity contribution in [1.82, 2.24) is 5.32 Å². The van der Waals surface area contributed by atoms with E-state index in [-0.39, 0.29) is 42.7 Å². The Morgan fingerprint density at radius 2 is 1.30 bits per heavy atom. The van der Waals surface area contributed by atoms with E-state index in [2.05, 4.69) is 17.4 Å². The van der Waals surface area contributed by atoms with Crippen molar-refractivity contribution in [1.29, 1.82) is 0 Å². The lowest BCUT2D eigenvalue weighted by Crippen LogP contribution is -2.44. The highest BCUT2D eigenvalue weighted by Crippen LogP contribution is 2.30. The summed E-state index contributed by atoms with van der Waals surface area (Å²) in [5, 5.41) is 2.80. The smallest absolute Gasteiger partial charge is 0.224 e. The Bertz CT molecular complexity index is 1420. The third kappa shape index (κ3) is 8.66. The first-order valence-electron chi connectivity index (χ1n) is 15.2. The number of amides is 1. The second-order valence-corrected chi connectivity index (χ2v) is 12.2. The molecule has 4 rings (SSSR count). The minimum absolute atomic E-state index is 0.00169. The Hall–Kier alpha value is -4.19. The molecule has 0 fully saturated rings. The molecule has 224 valence electrons. The Balaban J connectivity index is 1.37. The highest BCUT2D eigenvalue weighted by atomic mass is 16.2. The molecule has 0 bridgehead atoms. The van der Waals surface area contributed by atoms with E-state index in [4.69, 9.17) is 0 Å². The van der Waals surface area contributed by atoms with Gasteiger partial charge < -0.3 is 5.32 Å².